The van der Waals surface area contributed by atoms with Crippen molar-refractivity contribution in [1.29, 1.82) is 0 Å². The molecular formula is C16H26N6S. The van der Waals surface area contributed by atoms with E-state index in [4.69, 9.17) is 17.2 Å². The largest absolute Gasteiger partial charge is 0.365 e. The summed E-state index contributed by atoms with van der Waals surface area (Å²) in [6.07, 6.45) is 6.22. The van der Waals surface area contributed by atoms with Crippen molar-refractivity contribution in [2.24, 2.45) is 0 Å². The summed E-state index contributed by atoms with van der Waals surface area (Å²) in [6, 6.07) is 2.66. The van der Waals surface area contributed by atoms with Gasteiger partial charge in [-0.05, 0) is 51.2 Å². The van der Waals surface area contributed by atoms with E-state index >= 15 is 0 Å². The second kappa shape index (κ2) is 7.29. The van der Waals surface area contributed by atoms with E-state index in [2.05, 4.69) is 38.4 Å². The first-order valence-electron chi connectivity index (χ1n) is 8.57. The molecule has 1 aromatic heterocycles. The van der Waals surface area contributed by atoms with E-state index in [9.17, 15) is 0 Å². The first kappa shape index (κ1) is 16.2. The number of thiocarbonyl (C=S) groups is 1. The summed E-state index contributed by atoms with van der Waals surface area (Å²) in [7, 11) is 1.80. The van der Waals surface area contributed by atoms with Gasteiger partial charge in [-0.2, -0.15) is 9.97 Å². The highest BCUT2D eigenvalue weighted by Crippen LogP contribution is 2.28. The van der Waals surface area contributed by atoms with Crippen molar-refractivity contribution in [1.82, 2.24) is 15.3 Å². The Labute approximate surface area is 143 Å². The van der Waals surface area contributed by atoms with Crippen LogP contribution in [-0.4, -0.2) is 47.8 Å². The van der Waals surface area contributed by atoms with Crippen LogP contribution < -0.4 is 20.4 Å². The van der Waals surface area contributed by atoms with Crippen LogP contribution in [0.25, 0.3) is 0 Å². The average molecular weight is 334 g/mol. The second-order valence-electron chi connectivity index (χ2n) is 6.34. The number of hydrogen-bond acceptors (Lipinski definition) is 5. The normalized spacial score (nSPS) is 21.4. The van der Waals surface area contributed by atoms with E-state index in [-0.39, 0.29) is 0 Å². The Morgan fingerprint density at radius 2 is 1.83 bits per heavy atom. The number of piperidine rings is 1. The van der Waals surface area contributed by atoms with Crippen molar-refractivity contribution in [2.45, 2.75) is 45.1 Å². The molecule has 7 heteroatoms. The minimum Gasteiger partial charge on any atom is -0.365 e. The molecule has 0 bridgehead atoms. The van der Waals surface area contributed by atoms with Crippen LogP contribution in [0.4, 0.5) is 17.6 Å². The Balaban J connectivity index is 1.91. The van der Waals surface area contributed by atoms with E-state index in [1.807, 2.05) is 0 Å². The average Bonchev–Trinajstić information content (AvgIpc) is 3.09. The molecule has 0 unspecified atom stereocenters. The summed E-state index contributed by atoms with van der Waals surface area (Å²) in [5.41, 5.74) is 0. The van der Waals surface area contributed by atoms with Crippen molar-refractivity contribution in [2.75, 3.05) is 41.8 Å². The lowest BCUT2D eigenvalue weighted by molar-refractivity contribution is 0.481. The van der Waals surface area contributed by atoms with Crippen molar-refractivity contribution in [3.8, 4) is 0 Å². The minimum atomic E-state index is 0.522. The lowest BCUT2D eigenvalue weighted by Gasteiger charge is -2.35. The highest BCUT2D eigenvalue weighted by atomic mass is 32.1. The maximum Gasteiger partial charge on any atom is 0.232 e. The molecular weight excluding hydrogens is 308 g/mol. The minimum absolute atomic E-state index is 0.522. The second-order valence-corrected chi connectivity index (χ2v) is 6.75. The van der Waals surface area contributed by atoms with Gasteiger partial charge in [0.05, 0.1) is 0 Å². The zero-order valence-electron chi connectivity index (χ0n) is 14.0. The van der Waals surface area contributed by atoms with Gasteiger partial charge in [0.1, 0.15) is 11.6 Å². The van der Waals surface area contributed by atoms with Gasteiger partial charge in [0.2, 0.25) is 5.95 Å². The van der Waals surface area contributed by atoms with Crippen molar-refractivity contribution in [3.63, 3.8) is 0 Å². The van der Waals surface area contributed by atoms with E-state index in [0.29, 0.717) is 17.1 Å². The van der Waals surface area contributed by atoms with Crippen molar-refractivity contribution < 1.29 is 0 Å². The van der Waals surface area contributed by atoms with Gasteiger partial charge >= 0.3 is 0 Å². The molecule has 3 rings (SSSR count). The molecule has 23 heavy (non-hydrogen) atoms. The molecule has 0 radical (unpaired) electrons. The number of nitrogens with one attached hydrogen (secondary N) is 2. The van der Waals surface area contributed by atoms with Gasteiger partial charge in [-0.15, -0.1) is 0 Å². The number of hydrogen-bond donors (Lipinski definition) is 2. The molecule has 6 nitrogen and oxygen atoms in total. The fraction of sp³-hybridized carbons (Fsp3) is 0.688. The Hall–Kier alpha value is -1.63. The molecule has 3 heterocycles. The zero-order valence-corrected chi connectivity index (χ0v) is 14.8. The fourth-order valence-corrected chi connectivity index (χ4v) is 3.43. The SMILES string of the molecule is CNC(=S)Nc1nc(N2CCCC2)cc(N2CCCC[C@H]2C)n1. The highest BCUT2D eigenvalue weighted by Gasteiger charge is 2.23. The van der Waals surface area contributed by atoms with Gasteiger partial charge in [0, 0.05) is 38.8 Å². The van der Waals surface area contributed by atoms with Gasteiger partial charge in [-0.3, -0.25) is 0 Å². The number of nitrogens with zero attached hydrogens (tertiary/aromatic N) is 4. The lowest BCUT2D eigenvalue weighted by Crippen LogP contribution is -2.38. The molecule has 126 valence electrons. The Morgan fingerprint density at radius 3 is 2.52 bits per heavy atom. The highest BCUT2D eigenvalue weighted by molar-refractivity contribution is 7.80. The predicted octanol–water partition coefficient (Wildman–Crippen LogP) is 2.37. The van der Waals surface area contributed by atoms with Crippen LogP contribution in [0.1, 0.15) is 39.0 Å². The van der Waals surface area contributed by atoms with Gasteiger partial charge in [-0.1, -0.05) is 0 Å². The molecule has 0 amide bonds. The van der Waals surface area contributed by atoms with Crippen LogP contribution in [0.3, 0.4) is 0 Å². The maximum absolute atomic E-state index is 5.21. The van der Waals surface area contributed by atoms with Gasteiger partial charge in [-0.25, -0.2) is 0 Å². The Kier molecular flexibility index (Phi) is 5.15. The molecule has 0 spiro atoms. The molecule has 0 aromatic carbocycles. The smallest absolute Gasteiger partial charge is 0.232 e. The topological polar surface area (TPSA) is 56.3 Å². The van der Waals surface area contributed by atoms with E-state index in [1.54, 1.807) is 7.05 Å². The molecule has 0 aliphatic carbocycles. The summed E-state index contributed by atoms with van der Waals surface area (Å²) in [5.74, 6) is 2.60. The first-order chi connectivity index (χ1) is 11.2. The van der Waals surface area contributed by atoms with Crippen LogP contribution in [0.2, 0.25) is 0 Å². The van der Waals surface area contributed by atoms with Gasteiger partial charge in [0.15, 0.2) is 5.11 Å². The molecule has 2 fully saturated rings. The molecule has 1 aromatic rings. The number of rotatable bonds is 3. The lowest BCUT2D eigenvalue weighted by atomic mass is 10.0. The number of anilines is 3. The van der Waals surface area contributed by atoms with Crippen LogP contribution in [0.15, 0.2) is 6.07 Å². The third kappa shape index (κ3) is 3.83. The molecule has 2 saturated heterocycles. The monoisotopic (exact) mass is 334 g/mol. The third-order valence-corrected chi connectivity index (χ3v) is 4.98. The van der Waals surface area contributed by atoms with Crippen LogP contribution in [0, 0.1) is 0 Å². The summed E-state index contributed by atoms with van der Waals surface area (Å²) in [5, 5.41) is 6.56. The summed E-state index contributed by atoms with van der Waals surface area (Å²) >= 11 is 5.21. The molecule has 1 atom stereocenters. The maximum atomic E-state index is 5.21. The summed E-state index contributed by atoms with van der Waals surface area (Å²) < 4.78 is 0. The Bertz CT molecular complexity index is 558. The summed E-state index contributed by atoms with van der Waals surface area (Å²) in [6.45, 7) is 5.49. The van der Waals surface area contributed by atoms with Crippen LogP contribution in [0.5, 0.6) is 0 Å². The zero-order chi connectivity index (χ0) is 16.2. The summed E-state index contributed by atoms with van der Waals surface area (Å²) in [4.78, 5) is 14.1. The van der Waals surface area contributed by atoms with Crippen LogP contribution >= 0.6 is 12.2 Å². The van der Waals surface area contributed by atoms with Gasteiger partial charge in [0.25, 0.3) is 0 Å². The predicted molar refractivity (Wildman–Crippen MR) is 99.4 cm³/mol. The third-order valence-electron chi connectivity index (χ3n) is 4.68. The van der Waals surface area contributed by atoms with Crippen molar-refractivity contribution >= 4 is 34.9 Å². The Morgan fingerprint density at radius 1 is 1.13 bits per heavy atom. The quantitative estimate of drug-likeness (QED) is 0.823. The van der Waals surface area contributed by atoms with E-state index in [0.717, 1.165) is 31.3 Å². The van der Waals surface area contributed by atoms with Crippen LogP contribution in [-0.2, 0) is 0 Å². The number of aromatic nitrogens is 2. The van der Waals surface area contributed by atoms with Crippen molar-refractivity contribution in [3.05, 3.63) is 6.07 Å². The first-order valence-corrected chi connectivity index (χ1v) is 8.97. The molecule has 2 N–H and O–H groups in total. The molecule has 2 aliphatic rings. The molecule has 0 saturated carbocycles. The van der Waals surface area contributed by atoms with E-state index in [1.165, 1.54) is 32.1 Å². The van der Waals surface area contributed by atoms with E-state index < -0.39 is 0 Å². The molecule has 2 aliphatic heterocycles. The van der Waals surface area contributed by atoms with Gasteiger partial charge < -0.3 is 20.4 Å². The fourth-order valence-electron chi connectivity index (χ4n) is 3.34. The standard InChI is InChI=1S/C16H26N6S/c1-12-7-3-4-10-22(12)14-11-13(21-8-5-6-9-21)18-15(19-14)20-16(23)17-2/h11-12H,3-10H2,1-2H3,(H2,17,18,19,20,23)/t12-/m1/s1.